The maximum atomic E-state index is 12.3. The summed E-state index contributed by atoms with van der Waals surface area (Å²) in [5, 5.41) is 41.4. The Balaban J connectivity index is 2.23. The number of amides is 1. The molecule has 0 saturated carbocycles. The monoisotopic (exact) mass is 317 g/mol. The van der Waals surface area contributed by atoms with Crippen LogP contribution < -0.4 is 15.8 Å². The number of rotatable bonds is 5. The van der Waals surface area contributed by atoms with E-state index >= 15 is 0 Å². The molecule has 23 heavy (non-hydrogen) atoms. The molecule has 0 unspecified atom stereocenters. The van der Waals surface area contributed by atoms with Crippen molar-refractivity contribution in [2.75, 3.05) is 15.8 Å². The van der Waals surface area contributed by atoms with Gasteiger partial charge < -0.3 is 21.0 Å². The highest BCUT2D eigenvalue weighted by Crippen LogP contribution is 2.27. The quantitative estimate of drug-likeness (QED) is 0.725. The second kappa shape index (κ2) is 7.07. The normalized spacial score (nSPS) is 11.7. The first kappa shape index (κ1) is 16.7. The average molecular weight is 317 g/mol. The Morgan fingerprint density at radius 2 is 1.70 bits per heavy atom. The lowest BCUT2D eigenvalue weighted by Gasteiger charge is -2.38. The molecule has 0 aliphatic heterocycles. The fourth-order valence-corrected chi connectivity index (χ4v) is 2.03. The second-order valence-electron chi connectivity index (χ2n) is 4.91. The molecule has 8 nitrogen and oxygen atoms in total. The third-order valence-electron chi connectivity index (χ3n) is 3.30. The number of nitrogens with one attached hydrogen (secondary N) is 1. The van der Waals surface area contributed by atoms with E-state index in [1.807, 2.05) is 6.07 Å². The van der Waals surface area contributed by atoms with E-state index in [1.165, 1.54) is 6.07 Å². The first-order chi connectivity index (χ1) is 10.9. The van der Waals surface area contributed by atoms with Crippen LogP contribution in [0.25, 0.3) is 0 Å². The molecule has 8 heteroatoms. The number of nitrogens with zero attached hydrogens (tertiary/aromatic N) is 2. The molecule has 3 N–H and O–H groups in total. The predicted molar refractivity (Wildman–Crippen MR) is 85.2 cm³/mol. The summed E-state index contributed by atoms with van der Waals surface area (Å²) in [5.74, 6) is -0.844. The molecule has 2 aromatic carbocycles. The van der Waals surface area contributed by atoms with E-state index in [-0.39, 0.29) is 28.2 Å². The molecule has 0 radical (unpaired) electrons. The Hall–Kier alpha value is -2.65. The molecular weight excluding hydrogens is 302 g/mol. The lowest BCUT2D eigenvalue weighted by atomic mass is 10.0. The highest BCUT2D eigenvalue weighted by atomic mass is 16.8. The van der Waals surface area contributed by atoms with Crippen molar-refractivity contribution >= 4 is 23.0 Å². The summed E-state index contributed by atoms with van der Waals surface area (Å²) in [7, 11) is 0. The van der Waals surface area contributed by atoms with Gasteiger partial charge in [-0.3, -0.25) is 15.2 Å². The minimum atomic E-state index is -0.691. The van der Waals surface area contributed by atoms with Gasteiger partial charge in [0.25, 0.3) is 0 Å². The summed E-state index contributed by atoms with van der Waals surface area (Å²) >= 11 is 0. The van der Waals surface area contributed by atoms with Crippen LogP contribution in [-0.4, -0.2) is 16.3 Å². The van der Waals surface area contributed by atoms with Crippen LogP contribution in [0, 0.1) is 10.4 Å². The van der Waals surface area contributed by atoms with Crippen LogP contribution >= 0.6 is 0 Å². The summed E-state index contributed by atoms with van der Waals surface area (Å²) in [4.78, 5) is 12.3. The average Bonchev–Trinajstić information content (AvgIpc) is 2.54. The van der Waals surface area contributed by atoms with Crippen LogP contribution in [0.4, 0.5) is 17.1 Å². The van der Waals surface area contributed by atoms with Gasteiger partial charge in [0, 0.05) is 11.4 Å². The lowest BCUT2D eigenvalue weighted by Crippen LogP contribution is -2.20. The van der Waals surface area contributed by atoms with E-state index < -0.39 is 11.1 Å². The Bertz CT molecular complexity index is 650. The van der Waals surface area contributed by atoms with Crippen molar-refractivity contribution in [3.05, 3.63) is 64.5 Å². The largest absolute Gasteiger partial charge is 0.769 e. The van der Waals surface area contributed by atoms with Crippen LogP contribution in [0.5, 0.6) is 0 Å². The van der Waals surface area contributed by atoms with Crippen molar-refractivity contribution in [3.8, 4) is 0 Å². The Morgan fingerprint density at radius 3 is 2.26 bits per heavy atom. The first-order valence-corrected chi connectivity index (χ1v) is 6.71. The summed E-state index contributed by atoms with van der Waals surface area (Å²) in [6.45, 7) is 1.70. The summed E-state index contributed by atoms with van der Waals surface area (Å²) < 4.78 is 0. The zero-order valence-electron chi connectivity index (χ0n) is 12.2. The van der Waals surface area contributed by atoms with Gasteiger partial charge in [-0.15, -0.1) is 5.23 Å². The second-order valence-corrected chi connectivity index (χ2v) is 4.91. The molecule has 1 amide bonds. The fourth-order valence-electron chi connectivity index (χ4n) is 2.03. The van der Waals surface area contributed by atoms with Gasteiger partial charge in [-0.2, -0.15) is 0 Å². The number of benzene rings is 2. The minimum Gasteiger partial charge on any atom is -0.769 e. The number of carbonyl (C=O) groups is 1. The van der Waals surface area contributed by atoms with Crippen LogP contribution in [0.2, 0.25) is 0 Å². The molecule has 0 aliphatic carbocycles. The van der Waals surface area contributed by atoms with Crippen molar-refractivity contribution in [2.45, 2.75) is 12.8 Å². The van der Waals surface area contributed by atoms with Gasteiger partial charge in [0.2, 0.25) is 5.91 Å². The molecule has 2 aromatic rings. The predicted octanol–water partition coefficient (Wildman–Crippen LogP) is 2.82. The van der Waals surface area contributed by atoms with E-state index in [2.05, 4.69) is 5.32 Å². The van der Waals surface area contributed by atoms with Gasteiger partial charge in [0.15, 0.2) is 0 Å². The number of carbonyl (C=O) groups excluding carboxylic acids is 1. The van der Waals surface area contributed by atoms with E-state index in [0.717, 1.165) is 17.7 Å². The molecule has 1 atom stereocenters. The maximum Gasteiger partial charge on any atom is 0.231 e. The highest BCUT2D eigenvalue weighted by molar-refractivity contribution is 5.96. The number of anilines is 3. The highest BCUT2D eigenvalue weighted by Gasteiger charge is 2.16. The topological polar surface area (TPSA) is 122 Å². The molecule has 0 saturated heterocycles. The Morgan fingerprint density at radius 1 is 1.09 bits per heavy atom. The van der Waals surface area contributed by atoms with Crippen molar-refractivity contribution in [3.63, 3.8) is 0 Å². The molecule has 122 valence electrons. The Labute approximate surface area is 132 Å². The zero-order valence-corrected chi connectivity index (χ0v) is 12.2. The fraction of sp³-hybridized carbons (Fsp3) is 0.133. The molecule has 0 fully saturated rings. The summed E-state index contributed by atoms with van der Waals surface area (Å²) in [6, 6.07) is 12.4. The van der Waals surface area contributed by atoms with Crippen LogP contribution in [0.3, 0.4) is 0 Å². The van der Waals surface area contributed by atoms with E-state index in [1.54, 1.807) is 31.2 Å². The molecule has 0 aliphatic rings. The number of hydrogen-bond donors (Lipinski definition) is 3. The van der Waals surface area contributed by atoms with Gasteiger partial charge in [0.05, 0.1) is 11.6 Å². The van der Waals surface area contributed by atoms with Gasteiger partial charge in [-0.25, -0.2) is 0 Å². The van der Waals surface area contributed by atoms with E-state index in [4.69, 9.17) is 10.4 Å². The van der Waals surface area contributed by atoms with E-state index in [9.17, 15) is 15.2 Å². The third kappa shape index (κ3) is 4.18. The van der Waals surface area contributed by atoms with Crippen LogP contribution in [-0.2, 0) is 4.79 Å². The maximum absolute atomic E-state index is 12.3. The zero-order chi connectivity index (χ0) is 17.0. The minimum absolute atomic E-state index is 0.0927. The van der Waals surface area contributed by atoms with Crippen molar-refractivity contribution < 1.29 is 15.2 Å². The lowest BCUT2D eigenvalue weighted by molar-refractivity contribution is -0.117. The smallest absolute Gasteiger partial charge is 0.231 e. The summed E-state index contributed by atoms with van der Waals surface area (Å²) in [6.07, 6.45) is 0. The standard InChI is InChI=1S/C15H15N3O5/c1-10(11-5-3-2-4-6-11)15(19)16-12-7-13(17(20)21)9-14(8-12)18(22)23/h2-10,20-21H,1H3,(H,16,19)/q-2/t10-/m1/s1. The van der Waals surface area contributed by atoms with Crippen molar-refractivity contribution in [1.82, 2.24) is 0 Å². The third-order valence-corrected chi connectivity index (χ3v) is 3.30. The van der Waals surface area contributed by atoms with Crippen LogP contribution in [0.1, 0.15) is 18.4 Å². The summed E-state index contributed by atoms with van der Waals surface area (Å²) in [5.41, 5.74) is 0.275. The van der Waals surface area contributed by atoms with Gasteiger partial charge in [-0.05, 0) is 30.7 Å². The molecule has 0 heterocycles. The first-order valence-electron chi connectivity index (χ1n) is 6.71. The molecular formula is C15H15N3O5-2. The van der Waals surface area contributed by atoms with Crippen molar-refractivity contribution in [1.29, 1.82) is 0 Å². The molecule has 0 spiro atoms. The van der Waals surface area contributed by atoms with Crippen LogP contribution in [0.15, 0.2) is 48.5 Å². The molecule has 2 rings (SSSR count). The molecule has 0 aromatic heterocycles. The molecule has 0 bridgehead atoms. The van der Waals surface area contributed by atoms with Gasteiger partial charge in [-0.1, -0.05) is 30.3 Å². The van der Waals surface area contributed by atoms with E-state index in [0.29, 0.717) is 0 Å². The SMILES string of the molecule is C[C@@H](C(=O)Nc1cc(N([O-])[O-])cc(N(O)O)c1)c1ccccc1. The van der Waals surface area contributed by atoms with Gasteiger partial charge >= 0.3 is 0 Å². The van der Waals surface area contributed by atoms with Gasteiger partial charge in [0.1, 0.15) is 0 Å². The van der Waals surface area contributed by atoms with Crippen molar-refractivity contribution in [2.24, 2.45) is 0 Å². The number of hydrogen-bond acceptors (Lipinski definition) is 7. The Kier molecular flexibility index (Phi) is 5.14.